The van der Waals surface area contributed by atoms with E-state index in [0.717, 1.165) is 45.8 Å². The number of nitriles is 1. The van der Waals surface area contributed by atoms with Crippen LogP contribution >= 0.6 is 15.9 Å². The molecule has 1 aromatic carbocycles. The van der Waals surface area contributed by atoms with Gasteiger partial charge in [0.1, 0.15) is 0 Å². The molecule has 0 saturated heterocycles. The van der Waals surface area contributed by atoms with Crippen molar-refractivity contribution in [1.29, 1.82) is 5.26 Å². The van der Waals surface area contributed by atoms with Crippen LogP contribution in [0.2, 0.25) is 0 Å². The lowest BCUT2D eigenvalue weighted by Gasteiger charge is -2.14. The normalized spacial score (nSPS) is 22.8. The van der Waals surface area contributed by atoms with Crippen LogP contribution in [0.1, 0.15) is 36.4 Å². The van der Waals surface area contributed by atoms with E-state index in [1.54, 1.807) is 0 Å². The number of hydrogen-bond donors (Lipinski definition) is 1. The van der Waals surface area contributed by atoms with E-state index in [2.05, 4.69) is 38.8 Å². The average Bonchev–Trinajstić information content (AvgIpc) is 2.93. The second-order valence-corrected chi connectivity index (χ2v) is 6.16. The van der Waals surface area contributed by atoms with Crippen molar-refractivity contribution in [3.63, 3.8) is 0 Å². The molecule has 1 aliphatic carbocycles. The van der Waals surface area contributed by atoms with Crippen LogP contribution in [0.25, 0.3) is 10.9 Å². The zero-order valence-electron chi connectivity index (χ0n) is 10.7. The Bertz CT molecular complexity index is 683. The van der Waals surface area contributed by atoms with E-state index >= 15 is 0 Å². The molecule has 1 heterocycles. The Morgan fingerprint density at radius 1 is 1.42 bits per heavy atom. The molecule has 2 atom stereocenters. The first-order chi connectivity index (χ1) is 9.10. The predicted molar refractivity (Wildman–Crippen MR) is 78.0 cm³/mol. The third-order valence-corrected chi connectivity index (χ3v) is 4.65. The Balaban J connectivity index is 2.17. The van der Waals surface area contributed by atoms with Crippen molar-refractivity contribution >= 4 is 26.8 Å². The molecule has 0 unspecified atom stereocenters. The number of aliphatic hydroxyl groups is 1. The lowest BCUT2D eigenvalue weighted by molar-refractivity contribution is 0.178. The van der Waals surface area contributed by atoms with Crippen molar-refractivity contribution in [2.45, 2.75) is 38.3 Å². The van der Waals surface area contributed by atoms with Crippen molar-refractivity contribution in [2.75, 3.05) is 0 Å². The molecule has 2 aromatic rings. The Morgan fingerprint density at radius 3 is 2.84 bits per heavy atom. The number of nitrogens with zero attached hydrogens (tertiary/aromatic N) is 2. The quantitative estimate of drug-likeness (QED) is 0.872. The van der Waals surface area contributed by atoms with E-state index in [1.165, 1.54) is 0 Å². The summed E-state index contributed by atoms with van der Waals surface area (Å²) >= 11 is 3.58. The number of rotatable bonds is 1. The van der Waals surface area contributed by atoms with Crippen LogP contribution in [0, 0.1) is 18.3 Å². The lowest BCUT2D eigenvalue weighted by atomic mass is 10.1. The minimum Gasteiger partial charge on any atom is -0.393 e. The fourth-order valence-corrected chi connectivity index (χ4v) is 3.51. The Morgan fingerprint density at radius 2 is 2.21 bits per heavy atom. The molecule has 1 fully saturated rings. The van der Waals surface area contributed by atoms with Crippen LogP contribution in [0.5, 0.6) is 0 Å². The highest BCUT2D eigenvalue weighted by atomic mass is 79.9. The SMILES string of the molecule is Cc1cc2c(cc1C#N)c(Br)cn2[C@@H]1CC[C@@H](O)C1. The van der Waals surface area contributed by atoms with Gasteiger partial charge in [-0.15, -0.1) is 0 Å². The summed E-state index contributed by atoms with van der Waals surface area (Å²) < 4.78 is 3.25. The highest BCUT2D eigenvalue weighted by molar-refractivity contribution is 9.10. The molecule has 98 valence electrons. The minimum atomic E-state index is -0.180. The van der Waals surface area contributed by atoms with E-state index in [-0.39, 0.29) is 6.10 Å². The Hall–Kier alpha value is -1.31. The van der Waals surface area contributed by atoms with E-state index < -0.39 is 0 Å². The molecule has 3 nitrogen and oxygen atoms in total. The molecule has 0 aliphatic heterocycles. The molecule has 0 radical (unpaired) electrons. The maximum Gasteiger partial charge on any atom is 0.0994 e. The third-order valence-electron chi connectivity index (χ3n) is 4.02. The predicted octanol–water partition coefficient (Wildman–Crippen LogP) is 3.67. The number of fused-ring (bicyclic) bond motifs is 1. The van der Waals surface area contributed by atoms with E-state index in [9.17, 15) is 5.11 Å². The molecule has 1 aliphatic rings. The summed E-state index contributed by atoms with van der Waals surface area (Å²) in [4.78, 5) is 0. The Labute approximate surface area is 120 Å². The highest BCUT2D eigenvalue weighted by Gasteiger charge is 2.25. The number of aryl methyl sites for hydroxylation is 1. The zero-order chi connectivity index (χ0) is 13.6. The van der Waals surface area contributed by atoms with Gasteiger partial charge in [-0.2, -0.15) is 5.26 Å². The van der Waals surface area contributed by atoms with Crippen LogP contribution in [0.4, 0.5) is 0 Å². The number of aliphatic hydroxyl groups excluding tert-OH is 1. The topological polar surface area (TPSA) is 49.0 Å². The number of hydrogen-bond acceptors (Lipinski definition) is 2. The number of benzene rings is 1. The van der Waals surface area contributed by atoms with Gasteiger partial charge in [0.15, 0.2) is 0 Å². The zero-order valence-corrected chi connectivity index (χ0v) is 12.3. The smallest absolute Gasteiger partial charge is 0.0994 e. The van der Waals surface area contributed by atoms with E-state index in [0.29, 0.717) is 6.04 Å². The van der Waals surface area contributed by atoms with Crippen molar-refractivity contribution in [2.24, 2.45) is 0 Å². The molecular formula is C15H15BrN2O. The van der Waals surface area contributed by atoms with Gasteiger partial charge in [-0.05, 0) is 59.8 Å². The lowest BCUT2D eigenvalue weighted by Crippen LogP contribution is -2.06. The van der Waals surface area contributed by atoms with Gasteiger partial charge < -0.3 is 9.67 Å². The minimum absolute atomic E-state index is 0.180. The molecule has 0 spiro atoms. The summed E-state index contributed by atoms with van der Waals surface area (Å²) in [5.74, 6) is 0. The van der Waals surface area contributed by atoms with E-state index in [1.807, 2.05) is 13.0 Å². The van der Waals surface area contributed by atoms with Gasteiger partial charge in [0.25, 0.3) is 0 Å². The maximum atomic E-state index is 9.71. The van der Waals surface area contributed by atoms with Gasteiger partial charge in [-0.1, -0.05) is 0 Å². The molecular weight excluding hydrogens is 304 g/mol. The van der Waals surface area contributed by atoms with Gasteiger partial charge in [0.05, 0.1) is 17.7 Å². The Kier molecular flexibility index (Phi) is 3.12. The van der Waals surface area contributed by atoms with Gasteiger partial charge in [-0.25, -0.2) is 0 Å². The van der Waals surface area contributed by atoms with Crippen LogP contribution in [-0.4, -0.2) is 15.8 Å². The molecule has 1 N–H and O–H groups in total. The monoisotopic (exact) mass is 318 g/mol. The van der Waals surface area contributed by atoms with Crippen LogP contribution in [0.3, 0.4) is 0 Å². The second-order valence-electron chi connectivity index (χ2n) is 5.30. The summed E-state index contributed by atoms with van der Waals surface area (Å²) in [7, 11) is 0. The van der Waals surface area contributed by atoms with Gasteiger partial charge in [0.2, 0.25) is 0 Å². The summed E-state index contributed by atoms with van der Waals surface area (Å²) in [5, 5.41) is 19.9. The average molecular weight is 319 g/mol. The van der Waals surface area contributed by atoms with Gasteiger partial charge in [0, 0.05) is 27.6 Å². The highest BCUT2D eigenvalue weighted by Crippen LogP contribution is 2.37. The molecule has 1 saturated carbocycles. The molecule has 1 aromatic heterocycles. The van der Waals surface area contributed by atoms with E-state index in [4.69, 9.17) is 5.26 Å². The first kappa shape index (κ1) is 12.7. The molecule has 0 amide bonds. The standard InChI is InChI=1S/C15H15BrN2O/c1-9-4-15-13(5-10(9)7-17)14(16)8-18(15)11-2-3-12(19)6-11/h4-5,8,11-12,19H,2-3,6H2,1H3/t11-,12-/m1/s1. The van der Waals surface area contributed by atoms with Crippen LogP contribution in [0.15, 0.2) is 22.8 Å². The van der Waals surface area contributed by atoms with Crippen molar-refractivity contribution < 1.29 is 5.11 Å². The van der Waals surface area contributed by atoms with Crippen molar-refractivity contribution in [1.82, 2.24) is 4.57 Å². The third kappa shape index (κ3) is 2.07. The molecule has 3 rings (SSSR count). The fourth-order valence-electron chi connectivity index (χ4n) is 2.97. The number of aromatic nitrogens is 1. The first-order valence-electron chi connectivity index (χ1n) is 6.49. The first-order valence-corrected chi connectivity index (χ1v) is 7.28. The summed E-state index contributed by atoms with van der Waals surface area (Å²) in [6.07, 6.45) is 4.59. The summed E-state index contributed by atoms with van der Waals surface area (Å²) in [6.45, 7) is 1.97. The van der Waals surface area contributed by atoms with Gasteiger partial charge >= 0.3 is 0 Å². The van der Waals surface area contributed by atoms with Crippen molar-refractivity contribution in [3.05, 3.63) is 33.9 Å². The number of halogens is 1. The summed E-state index contributed by atoms with van der Waals surface area (Å²) in [6, 6.07) is 6.60. The second kappa shape index (κ2) is 4.66. The maximum absolute atomic E-state index is 9.71. The van der Waals surface area contributed by atoms with Crippen LogP contribution < -0.4 is 0 Å². The largest absolute Gasteiger partial charge is 0.393 e. The van der Waals surface area contributed by atoms with Crippen molar-refractivity contribution in [3.8, 4) is 6.07 Å². The summed E-state index contributed by atoms with van der Waals surface area (Å²) in [5.41, 5.74) is 2.86. The van der Waals surface area contributed by atoms with Gasteiger partial charge in [-0.3, -0.25) is 0 Å². The molecule has 19 heavy (non-hydrogen) atoms. The molecule has 4 heteroatoms. The fraction of sp³-hybridized carbons (Fsp3) is 0.400. The van der Waals surface area contributed by atoms with Crippen LogP contribution in [-0.2, 0) is 0 Å². The molecule has 0 bridgehead atoms.